The average Bonchev–Trinajstić information content (AvgIpc) is 2.72. The van der Waals surface area contributed by atoms with Crippen molar-refractivity contribution in [1.29, 1.82) is 0 Å². The number of nitrogens with one attached hydrogen (secondary N) is 2. The third-order valence-corrected chi connectivity index (χ3v) is 3.91. The van der Waals surface area contributed by atoms with Crippen LogP contribution in [0.25, 0.3) is 6.08 Å². The van der Waals surface area contributed by atoms with E-state index in [1.54, 1.807) is 30.3 Å². The van der Waals surface area contributed by atoms with Gasteiger partial charge in [0, 0.05) is 23.9 Å². The SMILES string of the molecule is CCCOc1ccc(/C=C/C(=O)Nc2ccc(C(=O)NCC)cc2)cc1OCC. The first-order chi connectivity index (χ1) is 14.1. The number of amides is 2. The lowest BCUT2D eigenvalue weighted by molar-refractivity contribution is -0.111. The molecule has 2 N–H and O–H groups in total. The molecule has 29 heavy (non-hydrogen) atoms. The van der Waals surface area contributed by atoms with E-state index >= 15 is 0 Å². The number of rotatable bonds is 10. The molecule has 2 aromatic carbocycles. The summed E-state index contributed by atoms with van der Waals surface area (Å²) in [5.41, 5.74) is 2.00. The van der Waals surface area contributed by atoms with Gasteiger partial charge in [0.25, 0.3) is 5.91 Å². The lowest BCUT2D eigenvalue weighted by atomic mass is 10.1. The van der Waals surface area contributed by atoms with Crippen LogP contribution in [0.5, 0.6) is 11.5 Å². The van der Waals surface area contributed by atoms with Crippen LogP contribution in [0.4, 0.5) is 5.69 Å². The van der Waals surface area contributed by atoms with E-state index in [0.717, 1.165) is 12.0 Å². The summed E-state index contributed by atoms with van der Waals surface area (Å²) in [5.74, 6) is 0.953. The number of hydrogen-bond donors (Lipinski definition) is 2. The minimum Gasteiger partial charge on any atom is -0.490 e. The average molecular weight is 396 g/mol. The van der Waals surface area contributed by atoms with Crippen molar-refractivity contribution in [2.45, 2.75) is 27.2 Å². The van der Waals surface area contributed by atoms with Crippen molar-refractivity contribution < 1.29 is 19.1 Å². The summed E-state index contributed by atoms with van der Waals surface area (Å²) < 4.78 is 11.3. The van der Waals surface area contributed by atoms with Gasteiger partial charge >= 0.3 is 0 Å². The highest BCUT2D eigenvalue weighted by molar-refractivity contribution is 6.02. The van der Waals surface area contributed by atoms with E-state index in [1.165, 1.54) is 6.08 Å². The predicted molar refractivity (Wildman–Crippen MR) is 116 cm³/mol. The second kappa shape index (κ2) is 11.5. The van der Waals surface area contributed by atoms with Gasteiger partial charge in [-0.25, -0.2) is 0 Å². The van der Waals surface area contributed by atoms with Crippen molar-refractivity contribution in [2.24, 2.45) is 0 Å². The molecule has 0 unspecified atom stereocenters. The monoisotopic (exact) mass is 396 g/mol. The minimum absolute atomic E-state index is 0.137. The zero-order valence-corrected chi connectivity index (χ0v) is 17.2. The molecule has 0 saturated carbocycles. The summed E-state index contributed by atoms with van der Waals surface area (Å²) in [6, 6.07) is 12.3. The Morgan fingerprint density at radius 2 is 1.72 bits per heavy atom. The molecule has 0 aliphatic carbocycles. The Labute approximate surface area is 171 Å². The number of benzene rings is 2. The maximum atomic E-state index is 12.2. The highest BCUT2D eigenvalue weighted by atomic mass is 16.5. The Balaban J connectivity index is 2.00. The van der Waals surface area contributed by atoms with E-state index in [1.807, 2.05) is 39.0 Å². The molecule has 0 fully saturated rings. The van der Waals surface area contributed by atoms with Crippen LogP contribution in [0.2, 0.25) is 0 Å². The lowest BCUT2D eigenvalue weighted by Crippen LogP contribution is -2.22. The molecule has 0 radical (unpaired) electrons. The molecule has 6 heteroatoms. The van der Waals surface area contributed by atoms with Gasteiger partial charge in [-0.05, 0) is 68.3 Å². The van der Waals surface area contributed by atoms with Crippen LogP contribution in [0, 0.1) is 0 Å². The number of carbonyl (C=O) groups is 2. The molecule has 0 spiro atoms. The number of carbonyl (C=O) groups excluding carboxylic acids is 2. The fourth-order valence-electron chi connectivity index (χ4n) is 2.55. The van der Waals surface area contributed by atoms with Gasteiger partial charge in [0.05, 0.1) is 13.2 Å². The largest absolute Gasteiger partial charge is 0.490 e. The van der Waals surface area contributed by atoms with E-state index in [-0.39, 0.29) is 11.8 Å². The maximum Gasteiger partial charge on any atom is 0.251 e. The number of ether oxygens (including phenoxy) is 2. The van der Waals surface area contributed by atoms with Crippen LogP contribution >= 0.6 is 0 Å². The van der Waals surface area contributed by atoms with E-state index in [2.05, 4.69) is 10.6 Å². The van der Waals surface area contributed by atoms with Crippen LogP contribution < -0.4 is 20.1 Å². The highest BCUT2D eigenvalue weighted by Gasteiger charge is 2.07. The van der Waals surface area contributed by atoms with E-state index in [4.69, 9.17) is 9.47 Å². The molecule has 0 heterocycles. The van der Waals surface area contributed by atoms with Crippen LogP contribution in [-0.4, -0.2) is 31.6 Å². The van der Waals surface area contributed by atoms with Crippen molar-refractivity contribution in [3.8, 4) is 11.5 Å². The van der Waals surface area contributed by atoms with Gasteiger partial charge < -0.3 is 20.1 Å². The topological polar surface area (TPSA) is 76.7 Å². The fraction of sp³-hybridized carbons (Fsp3) is 0.304. The van der Waals surface area contributed by atoms with E-state index in [9.17, 15) is 9.59 Å². The van der Waals surface area contributed by atoms with Crippen molar-refractivity contribution in [1.82, 2.24) is 5.32 Å². The third kappa shape index (κ3) is 6.99. The van der Waals surface area contributed by atoms with E-state index < -0.39 is 0 Å². The van der Waals surface area contributed by atoms with Crippen LogP contribution in [0.1, 0.15) is 43.1 Å². The smallest absolute Gasteiger partial charge is 0.251 e. The Morgan fingerprint density at radius 3 is 2.38 bits per heavy atom. The summed E-state index contributed by atoms with van der Waals surface area (Å²) in [5, 5.41) is 5.51. The normalized spacial score (nSPS) is 10.6. The fourth-order valence-corrected chi connectivity index (χ4v) is 2.55. The van der Waals surface area contributed by atoms with Crippen molar-refractivity contribution in [2.75, 3.05) is 25.1 Å². The first-order valence-electron chi connectivity index (χ1n) is 9.84. The second-order valence-corrected chi connectivity index (χ2v) is 6.25. The van der Waals surface area contributed by atoms with Gasteiger partial charge in [-0.15, -0.1) is 0 Å². The molecule has 2 rings (SSSR count). The third-order valence-electron chi connectivity index (χ3n) is 3.91. The molecule has 0 aliphatic heterocycles. The molecule has 2 aromatic rings. The molecular formula is C23H28N2O4. The van der Waals surface area contributed by atoms with Crippen LogP contribution in [0.15, 0.2) is 48.5 Å². The molecule has 6 nitrogen and oxygen atoms in total. The van der Waals surface area contributed by atoms with Crippen molar-refractivity contribution >= 4 is 23.6 Å². The minimum atomic E-state index is -0.264. The maximum absolute atomic E-state index is 12.2. The lowest BCUT2D eigenvalue weighted by Gasteiger charge is -2.12. The quantitative estimate of drug-likeness (QED) is 0.588. The predicted octanol–water partition coefficient (Wildman–Crippen LogP) is 4.28. The molecule has 154 valence electrons. The Kier molecular flexibility index (Phi) is 8.76. The first-order valence-corrected chi connectivity index (χ1v) is 9.84. The van der Waals surface area contributed by atoms with Gasteiger partial charge in [-0.1, -0.05) is 13.0 Å². The second-order valence-electron chi connectivity index (χ2n) is 6.25. The van der Waals surface area contributed by atoms with Gasteiger partial charge in [0.2, 0.25) is 5.91 Å². The Morgan fingerprint density at radius 1 is 0.966 bits per heavy atom. The molecular weight excluding hydrogens is 368 g/mol. The Hall–Kier alpha value is -3.28. The van der Waals surface area contributed by atoms with E-state index in [0.29, 0.717) is 42.5 Å². The van der Waals surface area contributed by atoms with Crippen molar-refractivity contribution in [3.05, 3.63) is 59.7 Å². The van der Waals surface area contributed by atoms with Gasteiger partial charge in [0.1, 0.15) is 0 Å². The summed E-state index contributed by atoms with van der Waals surface area (Å²) in [6.45, 7) is 7.54. The molecule has 0 aliphatic rings. The van der Waals surface area contributed by atoms with Gasteiger partial charge in [-0.3, -0.25) is 9.59 Å². The van der Waals surface area contributed by atoms with Crippen LogP contribution in [0.3, 0.4) is 0 Å². The van der Waals surface area contributed by atoms with Crippen LogP contribution in [-0.2, 0) is 4.79 Å². The summed E-state index contributed by atoms with van der Waals surface area (Å²) >= 11 is 0. The number of anilines is 1. The Bertz CT molecular complexity index is 844. The molecule has 0 saturated heterocycles. The zero-order chi connectivity index (χ0) is 21.1. The highest BCUT2D eigenvalue weighted by Crippen LogP contribution is 2.29. The standard InChI is InChI=1S/C23H28N2O4/c1-4-15-29-20-13-7-17(16-21(20)28-6-3)8-14-22(26)25-19-11-9-18(10-12-19)23(27)24-5-2/h7-14,16H,4-6,15H2,1-3H3,(H,24,27)(H,25,26)/b14-8+. The first kappa shape index (κ1) is 22.0. The summed E-state index contributed by atoms with van der Waals surface area (Å²) in [7, 11) is 0. The van der Waals surface area contributed by atoms with Gasteiger partial charge in [-0.2, -0.15) is 0 Å². The summed E-state index contributed by atoms with van der Waals surface area (Å²) in [6.07, 6.45) is 4.08. The number of hydrogen-bond acceptors (Lipinski definition) is 4. The summed E-state index contributed by atoms with van der Waals surface area (Å²) in [4.78, 5) is 24.0. The van der Waals surface area contributed by atoms with Crippen molar-refractivity contribution in [3.63, 3.8) is 0 Å². The molecule has 0 bridgehead atoms. The molecule has 0 aromatic heterocycles. The molecule has 0 atom stereocenters. The zero-order valence-electron chi connectivity index (χ0n) is 17.2. The molecule has 2 amide bonds. The van der Waals surface area contributed by atoms with Gasteiger partial charge in [0.15, 0.2) is 11.5 Å².